The number of benzene rings is 2. The van der Waals surface area contributed by atoms with Crippen molar-refractivity contribution >= 4 is 50.1 Å². The molecule has 2 aromatic heterocycles. The Morgan fingerprint density at radius 2 is 1.70 bits per heavy atom. The summed E-state index contributed by atoms with van der Waals surface area (Å²) in [5.41, 5.74) is 1.23. The van der Waals surface area contributed by atoms with Crippen molar-refractivity contribution in [3.05, 3.63) is 76.9 Å². The molecule has 4 rings (SSSR count). The average Bonchev–Trinajstić information content (AvgIpc) is 3.34. The van der Waals surface area contributed by atoms with Crippen LogP contribution in [0, 0.1) is 0 Å². The Balaban J connectivity index is 1.69. The predicted octanol–water partition coefficient (Wildman–Crippen LogP) is 5.69. The molecule has 4 aromatic rings. The van der Waals surface area contributed by atoms with Crippen LogP contribution in [0.15, 0.2) is 74.2 Å². The van der Waals surface area contributed by atoms with Gasteiger partial charge in [0.15, 0.2) is 10.4 Å². The zero-order valence-electron chi connectivity index (χ0n) is 15.9. The molecule has 0 aliphatic rings. The number of amides is 2. The first-order valence-electron chi connectivity index (χ1n) is 9.18. The molecule has 0 radical (unpaired) electrons. The molecule has 0 spiro atoms. The summed E-state index contributed by atoms with van der Waals surface area (Å²) >= 11 is 3.17. The van der Waals surface area contributed by atoms with Crippen molar-refractivity contribution in [3.8, 4) is 5.75 Å². The van der Waals surface area contributed by atoms with Gasteiger partial charge in [0.2, 0.25) is 5.76 Å². The van der Waals surface area contributed by atoms with Gasteiger partial charge in [-0.05, 0) is 59.3 Å². The van der Waals surface area contributed by atoms with Crippen LogP contribution in [-0.2, 0) is 0 Å². The summed E-state index contributed by atoms with van der Waals surface area (Å²) in [5, 5.41) is 6.12. The quantitative estimate of drug-likeness (QED) is 0.378. The number of nitrogens with one attached hydrogen (secondary N) is 2. The van der Waals surface area contributed by atoms with Crippen molar-refractivity contribution in [2.24, 2.45) is 0 Å². The number of halogens is 1. The molecule has 2 aromatic carbocycles. The summed E-state index contributed by atoms with van der Waals surface area (Å²) in [6, 6.07) is 17.3. The maximum atomic E-state index is 13.0. The summed E-state index contributed by atoms with van der Waals surface area (Å²) in [6.45, 7) is 2.32. The summed E-state index contributed by atoms with van der Waals surface area (Å²) < 4.78 is 17.1. The second-order valence-electron chi connectivity index (χ2n) is 6.24. The summed E-state index contributed by atoms with van der Waals surface area (Å²) in [5.74, 6) is -0.414. The third-order valence-electron chi connectivity index (χ3n) is 4.27. The van der Waals surface area contributed by atoms with Crippen molar-refractivity contribution in [2.75, 3.05) is 17.2 Å². The molecule has 152 valence electrons. The van der Waals surface area contributed by atoms with Gasteiger partial charge >= 0.3 is 0 Å². The molecule has 2 N–H and O–H groups in total. The first-order chi connectivity index (χ1) is 14.6. The van der Waals surface area contributed by atoms with Crippen LogP contribution in [0.1, 0.15) is 28.0 Å². The fraction of sp³-hybridized carbons (Fsp3) is 0.0909. The molecule has 0 saturated carbocycles. The Morgan fingerprint density at radius 1 is 0.933 bits per heavy atom. The molecule has 7 nitrogen and oxygen atoms in total. The lowest BCUT2D eigenvalue weighted by atomic mass is 10.2. The van der Waals surface area contributed by atoms with Gasteiger partial charge < -0.3 is 24.2 Å². The first kappa shape index (κ1) is 19.8. The zero-order chi connectivity index (χ0) is 21.1. The molecule has 0 atom stereocenters. The number of furan rings is 2. The van der Waals surface area contributed by atoms with Crippen LogP contribution in [0.3, 0.4) is 0 Å². The third kappa shape index (κ3) is 3.95. The lowest BCUT2D eigenvalue weighted by molar-refractivity contribution is 0.0994. The van der Waals surface area contributed by atoms with Gasteiger partial charge in [-0.15, -0.1) is 0 Å². The lowest BCUT2D eigenvalue weighted by Crippen LogP contribution is -2.17. The highest BCUT2D eigenvalue weighted by Crippen LogP contribution is 2.33. The number of hydrogen-bond acceptors (Lipinski definition) is 5. The molecule has 0 fully saturated rings. The topological polar surface area (TPSA) is 93.7 Å². The fourth-order valence-corrected chi connectivity index (χ4v) is 3.28. The number of fused-ring (bicyclic) bond motifs is 1. The van der Waals surface area contributed by atoms with E-state index in [9.17, 15) is 9.59 Å². The van der Waals surface area contributed by atoms with Crippen LogP contribution >= 0.6 is 15.9 Å². The van der Waals surface area contributed by atoms with Gasteiger partial charge in [0.25, 0.3) is 11.8 Å². The molecular formula is C22H17BrN2O5. The van der Waals surface area contributed by atoms with E-state index in [0.717, 1.165) is 0 Å². The van der Waals surface area contributed by atoms with Crippen molar-refractivity contribution in [1.82, 2.24) is 0 Å². The number of anilines is 2. The minimum absolute atomic E-state index is 0.0264. The molecule has 30 heavy (non-hydrogen) atoms. The number of rotatable bonds is 6. The molecule has 2 heterocycles. The van der Waals surface area contributed by atoms with Gasteiger partial charge in [-0.2, -0.15) is 0 Å². The van der Waals surface area contributed by atoms with Crippen LogP contribution in [0.5, 0.6) is 5.75 Å². The maximum absolute atomic E-state index is 13.0. The second-order valence-corrected chi connectivity index (χ2v) is 7.03. The van der Waals surface area contributed by atoms with Crippen molar-refractivity contribution in [3.63, 3.8) is 0 Å². The minimum Gasteiger partial charge on any atom is -0.492 e. The van der Waals surface area contributed by atoms with E-state index >= 15 is 0 Å². The van der Waals surface area contributed by atoms with Crippen LogP contribution < -0.4 is 15.4 Å². The molecular weight excluding hydrogens is 452 g/mol. The Labute approximate surface area is 180 Å². The number of hydrogen-bond donors (Lipinski definition) is 2. The Bertz CT molecular complexity index is 1230. The molecule has 8 heteroatoms. The van der Waals surface area contributed by atoms with Crippen molar-refractivity contribution in [1.29, 1.82) is 0 Å². The zero-order valence-corrected chi connectivity index (χ0v) is 17.5. The molecule has 0 aliphatic carbocycles. The predicted molar refractivity (Wildman–Crippen MR) is 116 cm³/mol. The van der Waals surface area contributed by atoms with E-state index in [4.69, 9.17) is 13.6 Å². The van der Waals surface area contributed by atoms with E-state index in [2.05, 4.69) is 26.6 Å². The van der Waals surface area contributed by atoms with E-state index in [1.54, 1.807) is 48.5 Å². The summed E-state index contributed by atoms with van der Waals surface area (Å²) in [6.07, 6.45) is 0. The lowest BCUT2D eigenvalue weighted by Gasteiger charge is -2.11. The number of ether oxygens (including phenoxy) is 1. The number of carbonyl (C=O) groups is 2. The minimum atomic E-state index is -0.519. The van der Waals surface area contributed by atoms with Crippen LogP contribution in [-0.4, -0.2) is 18.4 Å². The van der Waals surface area contributed by atoms with E-state index in [1.807, 2.05) is 13.0 Å². The average molecular weight is 469 g/mol. The van der Waals surface area contributed by atoms with Crippen LogP contribution in [0.4, 0.5) is 11.4 Å². The van der Waals surface area contributed by atoms with Gasteiger partial charge in [0.05, 0.1) is 12.3 Å². The molecule has 0 saturated heterocycles. The molecule has 0 bridgehead atoms. The van der Waals surface area contributed by atoms with Gasteiger partial charge in [0.1, 0.15) is 17.0 Å². The Hall–Kier alpha value is -3.52. The Morgan fingerprint density at radius 3 is 2.47 bits per heavy atom. The van der Waals surface area contributed by atoms with E-state index < -0.39 is 11.8 Å². The van der Waals surface area contributed by atoms with Crippen molar-refractivity contribution < 1.29 is 23.2 Å². The SMILES string of the molecule is CCOc1ccccc1NC(=O)c1oc2ccccc2c1NC(=O)c1ccc(Br)o1. The van der Waals surface area contributed by atoms with Gasteiger partial charge in [-0.25, -0.2) is 0 Å². The number of carbonyl (C=O) groups excluding carboxylic acids is 2. The van der Waals surface area contributed by atoms with Gasteiger partial charge in [0, 0.05) is 5.39 Å². The Kier molecular flexibility index (Phi) is 5.58. The maximum Gasteiger partial charge on any atom is 0.293 e. The van der Waals surface area contributed by atoms with Gasteiger partial charge in [-0.3, -0.25) is 9.59 Å². The third-order valence-corrected chi connectivity index (χ3v) is 4.70. The standard InChI is InChI=1S/C22H17BrN2O5/c1-2-28-16-10-6-4-8-14(16)24-22(27)20-19(13-7-3-5-9-15(13)30-20)25-21(26)17-11-12-18(23)29-17/h3-12H,2H2,1H3,(H,24,27)(H,25,26). The smallest absolute Gasteiger partial charge is 0.293 e. The highest BCUT2D eigenvalue weighted by molar-refractivity contribution is 9.10. The van der Waals surface area contributed by atoms with Crippen LogP contribution in [0.25, 0.3) is 11.0 Å². The molecule has 0 unspecified atom stereocenters. The van der Waals surface area contributed by atoms with E-state index in [-0.39, 0.29) is 17.2 Å². The van der Waals surface area contributed by atoms with E-state index in [0.29, 0.717) is 33.7 Å². The highest BCUT2D eigenvalue weighted by atomic mass is 79.9. The number of para-hydroxylation sites is 3. The van der Waals surface area contributed by atoms with Gasteiger partial charge in [-0.1, -0.05) is 24.3 Å². The highest BCUT2D eigenvalue weighted by Gasteiger charge is 2.24. The van der Waals surface area contributed by atoms with Crippen LogP contribution in [0.2, 0.25) is 0 Å². The summed E-state index contributed by atoms with van der Waals surface area (Å²) in [4.78, 5) is 25.7. The molecule has 0 aliphatic heterocycles. The summed E-state index contributed by atoms with van der Waals surface area (Å²) in [7, 11) is 0. The molecule has 2 amide bonds. The fourth-order valence-electron chi connectivity index (χ4n) is 2.97. The van der Waals surface area contributed by atoms with E-state index in [1.165, 1.54) is 6.07 Å². The monoisotopic (exact) mass is 468 g/mol. The normalized spacial score (nSPS) is 10.7. The first-order valence-corrected chi connectivity index (χ1v) is 9.97. The van der Waals surface area contributed by atoms with Crippen molar-refractivity contribution in [2.45, 2.75) is 6.92 Å². The largest absolute Gasteiger partial charge is 0.492 e. The second kappa shape index (κ2) is 8.46.